The van der Waals surface area contributed by atoms with Crippen LogP contribution < -0.4 is 5.19 Å². The minimum atomic E-state index is -1.86. The molecule has 6 heteroatoms. The summed E-state index contributed by atoms with van der Waals surface area (Å²) in [6, 6.07) is 7.04. The predicted octanol–water partition coefficient (Wildman–Crippen LogP) is 6.13. The quantitative estimate of drug-likeness (QED) is 0.403. The van der Waals surface area contributed by atoms with E-state index in [1.807, 2.05) is 0 Å². The van der Waals surface area contributed by atoms with Crippen LogP contribution in [-0.2, 0) is 26.3 Å². The first-order valence-corrected chi connectivity index (χ1v) is 18.9. The van der Waals surface area contributed by atoms with Gasteiger partial charge in [0.2, 0.25) is 0 Å². The molecule has 0 saturated heterocycles. The maximum atomic E-state index is 11.0. The van der Waals surface area contributed by atoms with E-state index in [9.17, 15) is 5.11 Å². The standard InChI is InChI=1S/C20H35NOSi.2ClH.Zr/c1-20(2,3)17-14-11-15-18(19(17)22)23(5,6)21(4)16-12-9-7-8-10-13-16;;;/h11,14-16,22H,7-10,12-13H2,1-6H3;2*1H;/q;;;+2/p-2. The average molecular weight is 496 g/mol. The van der Waals surface area contributed by atoms with Crippen LogP contribution in [0.1, 0.15) is 64.9 Å². The number of halogens is 2. The van der Waals surface area contributed by atoms with Gasteiger partial charge in [0.25, 0.3) is 0 Å². The van der Waals surface area contributed by atoms with E-state index in [1.54, 1.807) is 0 Å². The molecule has 0 spiro atoms. The molecule has 1 aromatic carbocycles. The topological polar surface area (TPSA) is 23.5 Å². The summed E-state index contributed by atoms with van der Waals surface area (Å²) in [4.78, 5) is 0. The van der Waals surface area contributed by atoms with Crippen molar-refractivity contribution in [3.63, 3.8) is 0 Å². The van der Waals surface area contributed by atoms with Gasteiger partial charge >= 0.3 is 37.9 Å². The number of rotatable bonds is 3. The summed E-state index contributed by atoms with van der Waals surface area (Å²) in [6.07, 6.45) is 8.11. The second-order valence-electron chi connectivity index (χ2n) is 8.84. The van der Waals surface area contributed by atoms with Crippen molar-refractivity contribution in [3.05, 3.63) is 23.8 Å². The molecule has 0 aromatic heterocycles. The molecule has 1 aromatic rings. The molecule has 2 nitrogen and oxygen atoms in total. The zero-order valence-corrected chi connectivity index (χ0v) is 22.2. The Kier molecular flexibility index (Phi) is 10.5. The van der Waals surface area contributed by atoms with Gasteiger partial charge in [-0.3, -0.25) is 0 Å². The molecule has 0 amide bonds. The van der Waals surface area contributed by atoms with Gasteiger partial charge in [0.05, 0.1) is 0 Å². The van der Waals surface area contributed by atoms with Crippen molar-refractivity contribution in [1.29, 1.82) is 0 Å². The Balaban J connectivity index is 0.00000105. The fourth-order valence-corrected chi connectivity index (χ4v) is 6.70. The monoisotopic (exact) mass is 493 g/mol. The molecule has 2 rings (SSSR count). The molecule has 0 bridgehead atoms. The van der Waals surface area contributed by atoms with Gasteiger partial charge in [-0.1, -0.05) is 77.7 Å². The van der Waals surface area contributed by atoms with Crippen LogP contribution in [-0.4, -0.2) is 31.0 Å². The van der Waals surface area contributed by atoms with E-state index in [4.69, 9.17) is 17.0 Å². The van der Waals surface area contributed by atoms with Crippen LogP contribution >= 0.6 is 17.0 Å². The van der Waals surface area contributed by atoms with Crippen LogP contribution in [0.3, 0.4) is 0 Å². The molecule has 0 atom stereocenters. The normalized spacial score (nSPS) is 16.7. The third-order valence-corrected chi connectivity index (χ3v) is 9.61. The zero-order valence-electron chi connectivity index (χ0n) is 17.2. The van der Waals surface area contributed by atoms with Crippen LogP contribution in [0.25, 0.3) is 0 Å². The van der Waals surface area contributed by atoms with E-state index in [2.05, 4.69) is 63.7 Å². The fraction of sp³-hybridized carbons (Fsp3) is 0.700. The molecule has 1 aliphatic rings. The molecule has 0 unspecified atom stereocenters. The Morgan fingerprint density at radius 2 is 1.58 bits per heavy atom. The van der Waals surface area contributed by atoms with Gasteiger partial charge in [-0.25, -0.2) is 0 Å². The fourth-order valence-electron chi connectivity index (χ4n) is 3.93. The van der Waals surface area contributed by atoms with Gasteiger partial charge in [0, 0.05) is 6.04 Å². The molecular weight excluding hydrogens is 460 g/mol. The summed E-state index contributed by atoms with van der Waals surface area (Å²) in [6.45, 7) is 11.3. The van der Waals surface area contributed by atoms with Crippen LogP contribution in [0, 0.1) is 0 Å². The van der Waals surface area contributed by atoms with E-state index >= 15 is 0 Å². The number of hydrogen-bond acceptors (Lipinski definition) is 2. The zero-order chi connectivity index (χ0) is 20.0. The predicted molar refractivity (Wildman–Crippen MR) is 115 cm³/mol. The van der Waals surface area contributed by atoms with Gasteiger partial charge < -0.3 is 9.67 Å². The summed E-state index contributed by atoms with van der Waals surface area (Å²) in [5, 5.41) is 12.2. The first-order valence-electron chi connectivity index (χ1n) is 9.59. The molecule has 26 heavy (non-hydrogen) atoms. The van der Waals surface area contributed by atoms with Gasteiger partial charge in [-0.15, -0.1) is 0 Å². The number of hydrogen-bond donors (Lipinski definition) is 1. The minimum absolute atomic E-state index is 0.0224. The van der Waals surface area contributed by atoms with Crippen LogP contribution in [0.15, 0.2) is 18.2 Å². The van der Waals surface area contributed by atoms with E-state index in [0.717, 1.165) is 5.56 Å². The van der Waals surface area contributed by atoms with Gasteiger partial charge in [0.1, 0.15) is 5.75 Å². The molecule has 1 aliphatic carbocycles. The number of phenolic OH excluding ortho intramolecular Hbond substituents is 1. The van der Waals surface area contributed by atoms with E-state index in [-0.39, 0.29) is 5.41 Å². The molecule has 148 valence electrons. The Morgan fingerprint density at radius 3 is 2.04 bits per heavy atom. The Morgan fingerprint density at radius 1 is 1.08 bits per heavy atom. The van der Waals surface area contributed by atoms with Crippen LogP contribution in [0.4, 0.5) is 0 Å². The molecular formula is C20H35Cl2NOSiZr. The third-order valence-electron chi connectivity index (χ3n) is 5.76. The summed E-state index contributed by atoms with van der Waals surface area (Å²) in [5.74, 6) is 0.539. The average Bonchev–Trinajstić information content (AvgIpc) is 2.83. The molecule has 0 radical (unpaired) electrons. The maximum absolute atomic E-state index is 11.0. The van der Waals surface area contributed by atoms with Crippen molar-refractivity contribution in [1.82, 2.24) is 4.57 Å². The number of para-hydroxylation sites is 1. The molecule has 1 saturated carbocycles. The summed E-state index contributed by atoms with van der Waals surface area (Å²) in [5.41, 5.74) is 1.05. The number of benzene rings is 1. The second kappa shape index (κ2) is 11.0. The Bertz CT molecular complexity index is 555. The van der Waals surface area contributed by atoms with Gasteiger partial charge in [0.15, 0.2) is 8.24 Å². The molecule has 0 heterocycles. The van der Waals surface area contributed by atoms with Crippen molar-refractivity contribution < 1.29 is 26.0 Å². The Hall–Kier alpha value is 0.660. The first-order chi connectivity index (χ1) is 12.1. The van der Waals surface area contributed by atoms with E-state index in [1.165, 1.54) is 43.7 Å². The van der Waals surface area contributed by atoms with Crippen molar-refractivity contribution in [3.8, 4) is 5.75 Å². The molecule has 0 aliphatic heterocycles. The molecule has 1 N–H and O–H groups in total. The van der Waals surface area contributed by atoms with Gasteiger partial charge in [-0.05, 0) is 36.1 Å². The number of aromatic hydroxyl groups is 1. The summed E-state index contributed by atoms with van der Waals surface area (Å²) >= 11 is -0.826. The summed E-state index contributed by atoms with van der Waals surface area (Å²) in [7, 11) is 10.3. The number of nitrogens with zero attached hydrogens (tertiary/aromatic N) is 1. The van der Waals surface area contributed by atoms with Crippen molar-refractivity contribution >= 4 is 30.4 Å². The summed E-state index contributed by atoms with van der Waals surface area (Å²) < 4.78 is 2.64. The van der Waals surface area contributed by atoms with Crippen LogP contribution in [0.2, 0.25) is 13.1 Å². The third kappa shape index (κ3) is 6.62. The van der Waals surface area contributed by atoms with E-state index in [0.29, 0.717) is 11.8 Å². The van der Waals surface area contributed by atoms with Crippen molar-refractivity contribution in [2.75, 3.05) is 7.05 Å². The van der Waals surface area contributed by atoms with Crippen LogP contribution in [0.5, 0.6) is 5.75 Å². The van der Waals surface area contributed by atoms with Gasteiger partial charge in [-0.2, -0.15) is 0 Å². The first kappa shape index (κ1) is 24.7. The number of phenols is 1. The van der Waals surface area contributed by atoms with Crippen molar-refractivity contribution in [2.45, 2.75) is 83.8 Å². The molecule has 1 fully saturated rings. The van der Waals surface area contributed by atoms with Crippen molar-refractivity contribution in [2.24, 2.45) is 0 Å². The second-order valence-corrected chi connectivity index (χ2v) is 16.9. The Labute approximate surface area is 180 Å². The van der Waals surface area contributed by atoms with E-state index < -0.39 is 29.1 Å². The SMILES string of the molecule is CN(C1CCCCCC1)[Si](C)(C)c1cccc(C(C)(C)C)c1O.[Cl][Zr][Cl].